The summed E-state index contributed by atoms with van der Waals surface area (Å²) >= 11 is 5.86. The van der Waals surface area contributed by atoms with Crippen molar-refractivity contribution in [3.8, 4) is 0 Å². The summed E-state index contributed by atoms with van der Waals surface area (Å²) in [5, 5.41) is 6.31. The Morgan fingerprint density at radius 2 is 1.74 bits per heavy atom. The van der Waals surface area contributed by atoms with Gasteiger partial charge in [0.05, 0.1) is 12.0 Å². The van der Waals surface area contributed by atoms with Gasteiger partial charge in [0, 0.05) is 37.5 Å². The van der Waals surface area contributed by atoms with Crippen LogP contribution >= 0.6 is 11.6 Å². The fourth-order valence-corrected chi connectivity index (χ4v) is 3.85. The molecule has 2 aromatic carbocycles. The Morgan fingerprint density at radius 1 is 1.06 bits per heavy atom. The zero-order valence-electron chi connectivity index (χ0n) is 17.6. The highest BCUT2D eigenvalue weighted by Gasteiger charge is 2.36. The first-order valence-electron chi connectivity index (χ1n) is 10.6. The smallest absolute Gasteiger partial charge is 0.225 e. The lowest BCUT2D eigenvalue weighted by molar-refractivity contribution is -0.130. The zero-order chi connectivity index (χ0) is 22.2. The van der Waals surface area contributed by atoms with Crippen LogP contribution in [0.15, 0.2) is 54.6 Å². The van der Waals surface area contributed by atoms with Gasteiger partial charge in [0.1, 0.15) is 0 Å². The lowest BCUT2D eigenvalue weighted by Crippen LogP contribution is -2.38. The van der Waals surface area contributed by atoms with Crippen molar-refractivity contribution in [2.45, 2.75) is 32.2 Å². The third-order valence-corrected chi connectivity index (χ3v) is 5.83. The molecule has 1 fully saturated rings. The van der Waals surface area contributed by atoms with Crippen LogP contribution in [-0.4, -0.2) is 42.3 Å². The summed E-state index contributed by atoms with van der Waals surface area (Å²) in [6.45, 7) is 3.09. The van der Waals surface area contributed by atoms with Crippen LogP contribution in [0, 0.1) is 5.92 Å². The number of halogens is 1. The van der Waals surface area contributed by atoms with Crippen molar-refractivity contribution in [1.82, 2.24) is 15.5 Å². The first-order chi connectivity index (χ1) is 14.9. The maximum atomic E-state index is 12.5. The van der Waals surface area contributed by atoms with Crippen LogP contribution in [0.3, 0.4) is 0 Å². The van der Waals surface area contributed by atoms with Crippen LogP contribution in [0.1, 0.15) is 36.9 Å². The molecule has 0 spiro atoms. The number of nitrogens with zero attached hydrogens (tertiary/aromatic N) is 1. The second-order valence-corrected chi connectivity index (χ2v) is 8.24. The van der Waals surface area contributed by atoms with Crippen molar-refractivity contribution < 1.29 is 14.4 Å². The van der Waals surface area contributed by atoms with E-state index in [0.29, 0.717) is 37.5 Å². The second kappa shape index (κ2) is 11.0. The Balaban J connectivity index is 1.35. The molecule has 2 unspecified atom stereocenters. The summed E-state index contributed by atoms with van der Waals surface area (Å²) in [4.78, 5) is 38.6. The van der Waals surface area contributed by atoms with Gasteiger partial charge in [-0.05, 0) is 36.6 Å². The minimum atomic E-state index is -0.362. The summed E-state index contributed by atoms with van der Waals surface area (Å²) in [7, 11) is 0. The molecule has 0 saturated carbocycles. The van der Waals surface area contributed by atoms with E-state index in [0.717, 1.165) is 11.1 Å². The highest BCUT2D eigenvalue weighted by molar-refractivity contribution is 6.30. The van der Waals surface area contributed by atoms with E-state index in [1.807, 2.05) is 49.4 Å². The molecule has 0 aliphatic carbocycles. The molecule has 31 heavy (non-hydrogen) atoms. The first-order valence-corrected chi connectivity index (χ1v) is 10.9. The van der Waals surface area contributed by atoms with Crippen molar-refractivity contribution >= 4 is 29.3 Å². The number of benzene rings is 2. The third kappa shape index (κ3) is 6.56. The molecule has 0 aromatic heterocycles. The molecule has 1 saturated heterocycles. The molecule has 6 nitrogen and oxygen atoms in total. The van der Waals surface area contributed by atoms with Crippen molar-refractivity contribution in [3.63, 3.8) is 0 Å². The maximum absolute atomic E-state index is 12.5. The van der Waals surface area contributed by atoms with E-state index < -0.39 is 0 Å². The van der Waals surface area contributed by atoms with E-state index in [1.54, 1.807) is 17.0 Å². The minimum absolute atomic E-state index is 0.00740. The van der Waals surface area contributed by atoms with E-state index in [1.165, 1.54) is 0 Å². The fraction of sp³-hybridized carbons (Fsp3) is 0.375. The van der Waals surface area contributed by atoms with Crippen LogP contribution in [0.4, 0.5) is 0 Å². The second-order valence-electron chi connectivity index (χ2n) is 7.80. The average Bonchev–Trinajstić information content (AvgIpc) is 3.18. The van der Waals surface area contributed by atoms with Gasteiger partial charge in [-0.1, -0.05) is 54.1 Å². The number of carbonyl (C=O) groups excluding carboxylic acids is 3. The minimum Gasteiger partial charge on any atom is -0.354 e. The Hall–Kier alpha value is -2.86. The molecule has 1 heterocycles. The molecule has 0 bridgehead atoms. The lowest BCUT2D eigenvalue weighted by Gasteiger charge is -2.25. The van der Waals surface area contributed by atoms with Gasteiger partial charge in [0.2, 0.25) is 17.7 Å². The van der Waals surface area contributed by atoms with Crippen LogP contribution in [0.25, 0.3) is 0 Å². The van der Waals surface area contributed by atoms with E-state index in [4.69, 9.17) is 11.6 Å². The normalized spacial score (nSPS) is 16.8. The maximum Gasteiger partial charge on any atom is 0.225 e. The predicted molar refractivity (Wildman–Crippen MR) is 120 cm³/mol. The zero-order valence-corrected chi connectivity index (χ0v) is 18.4. The Labute approximate surface area is 188 Å². The van der Waals surface area contributed by atoms with Gasteiger partial charge in [-0.15, -0.1) is 0 Å². The van der Waals surface area contributed by atoms with Gasteiger partial charge in [-0.2, -0.15) is 0 Å². The number of nitrogens with one attached hydrogen (secondary N) is 2. The molecular formula is C24H28ClN3O3. The molecule has 7 heteroatoms. The monoisotopic (exact) mass is 441 g/mol. The molecular weight excluding hydrogens is 414 g/mol. The van der Waals surface area contributed by atoms with Gasteiger partial charge in [-0.3, -0.25) is 14.4 Å². The molecule has 164 valence electrons. The first kappa shape index (κ1) is 22.8. The third-order valence-electron chi connectivity index (χ3n) is 5.58. The Bertz CT molecular complexity index is 902. The van der Waals surface area contributed by atoms with Crippen LogP contribution in [0.2, 0.25) is 5.02 Å². The van der Waals surface area contributed by atoms with E-state index in [9.17, 15) is 14.4 Å². The molecule has 1 aliphatic heterocycles. The van der Waals surface area contributed by atoms with Gasteiger partial charge in [0.25, 0.3) is 0 Å². The van der Waals surface area contributed by atoms with E-state index in [2.05, 4.69) is 10.6 Å². The number of amides is 3. The van der Waals surface area contributed by atoms with Crippen LogP contribution < -0.4 is 10.6 Å². The standard InChI is InChI=1S/C24H28ClN3O3/c1-17(19-5-3-2-4-6-19)28-16-20(15-23(28)30)24(31)27-14-13-26-22(29)12-9-18-7-10-21(25)11-8-18/h2-8,10-11,17,20H,9,12-16H2,1H3,(H,26,29)(H,27,31). The number of hydrogen-bond donors (Lipinski definition) is 2. The molecule has 3 amide bonds. The molecule has 1 aliphatic rings. The summed E-state index contributed by atoms with van der Waals surface area (Å²) in [6.07, 6.45) is 1.23. The molecule has 2 aromatic rings. The topological polar surface area (TPSA) is 78.5 Å². The van der Waals surface area contributed by atoms with Crippen molar-refractivity contribution in [1.29, 1.82) is 0 Å². The van der Waals surface area contributed by atoms with E-state index in [-0.39, 0.29) is 36.1 Å². The van der Waals surface area contributed by atoms with Gasteiger partial charge in [-0.25, -0.2) is 0 Å². The summed E-state index contributed by atoms with van der Waals surface area (Å²) < 4.78 is 0. The number of rotatable bonds is 9. The number of aryl methyl sites for hydroxylation is 1. The quantitative estimate of drug-likeness (QED) is 0.587. The Kier molecular flexibility index (Phi) is 8.06. The van der Waals surface area contributed by atoms with Gasteiger partial charge in [0.15, 0.2) is 0 Å². The molecule has 2 N–H and O–H groups in total. The molecule has 3 rings (SSSR count). The highest BCUT2D eigenvalue weighted by Crippen LogP contribution is 2.28. The van der Waals surface area contributed by atoms with Crippen LogP contribution in [0.5, 0.6) is 0 Å². The summed E-state index contributed by atoms with van der Waals surface area (Å²) in [5.41, 5.74) is 2.10. The number of hydrogen-bond acceptors (Lipinski definition) is 3. The summed E-state index contributed by atoms with van der Waals surface area (Å²) in [6, 6.07) is 17.2. The Morgan fingerprint density at radius 3 is 2.45 bits per heavy atom. The van der Waals surface area contributed by atoms with Crippen molar-refractivity contribution in [2.75, 3.05) is 19.6 Å². The van der Waals surface area contributed by atoms with Crippen LogP contribution in [-0.2, 0) is 20.8 Å². The average molecular weight is 442 g/mol. The lowest BCUT2D eigenvalue weighted by atomic mass is 10.1. The number of likely N-dealkylation sites (tertiary alicyclic amines) is 1. The van der Waals surface area contributed by atoms with Crippen molar-refractivity contribution in [3.05, 3.63) is 70.7 Å². The largest absolute Gasteiger partial charge is 0.354 e. The fourth-order valence-electron chi connectivity index (χ4n) is 3.72. The molecule has 0 radical (unpaired) electrons. The van der Waals surface area contributed by atoms with Gasteiger partial charge >= 0.3 is 0 Å². The SMILES string of the molecule is CC(c1ccccc1)N1CC(C(=O)NCCNC(=O)CCc2ccc(Cl)cc2)CC1=O. The highest BCUT2D eigenvalue weighted by atomic mass is 35.5. The number of carbonyl (C=O) groups is 3. The van der Waals surface area contributed by atoms with Crippen molar-refractivity contribution in [2.24, 2.45) is 5.92 Å². The molecule has 2 atom stereocenters. The summed E-state index contributed by atoms with van der Waals surface area (Å²) in [5.74, 6) is -0.582. The predicted octanol–water partition coefficient (Wildman–Crippen LogP) is 3.11. The van der Waals surface area contributed by atoms with Gasteiger partial charge < -0.3 is 15.5 Å². The van der Waals surface area contributed by atoms with E-state index >= 15 is 0 Å².